The van der Waals surface area contributed by atoms with Crippen molar-refractivity contribution in [2.24, 2.45) is 0 Å². The fourth-order valence-electron chi connectivity index (χ4n) is 3.60. The van der Waals surface area contributed by atoms with Crippen molar-refractivity contribution in [3.05, 3.63) is 52.2 Å². The molecule has 4 nitrogen and oxygen atoms in total. The molecular weight excluding hydrogens is 348 g/mol. The molecule has 0 unspecified atom stereocenters. The molecule has 5 rings (SSSR count). The summed E-state index contributed by atoms with van der Waals surface area (Å²) in [5, 5.41) is 11.2. The molecule has 0 saturated carbocycles. The first-order chi connectivity index (χ1) is 12.3. The summed E-state index contributed by atoms with van der Waals surface area (Å²) in [5.74, 6) is 1.86. The Morgan fingerprint density at radius 1 is 1.12 bits per heavy atom. The van der Waals surface area contributed by atoms with E-state index in [0.29, 0.717) is 0 Å². The van der Waals surface area contributed by atoms with Crippen LogP contribution in [0.15, 0.2) is 35.5 Å². The Morgan fingerprint density at radius 2 is 1.96 bits per heavy atom. The zero-order chi connectivity index (χ0) is 16.8. The Hall–Kier alpha value is -1.92. The third-order valence-electron chi connectivity index (χ3n) is 4.81. The molecule has 0 saturated heterocycles. The van der Waals surface area contributed by atoms with E-state index in [4.69, 9.17) is 4.98 Å². The van der Waals surface area contributed by atoms with Crippen molar-refractivity contribution in [3.8, 4) is 0 Å². The van der Waals surface area contributed by atoms with E-state index in [-0.39, 0.29) is 0 Å². The quantitative estimate of drug-likeness (QED) is 0.488. The molecular formula is C19H18N4S2. The van der Waals surface area contributed by atoms with Gasteiger partial charge in [0, 0.05) is 10.6 Å². The smallest absolute Gasteiger partial charge is 0.197 e. The van der Waals surface area contributed by atoms with E-state index in [1.165, 1.54) is 40.7 Å². The molecule has 0 aliphatic heterocycles. The fourth-order valence-corrected chi connectivity index (χ4v) is 5.83. The van der Waals surface area contributed by atoms with Crippen LogP contribution in [0.5, 0.6) is 0 Å². The Morgan fingerprint density at radius 3 is 2.84 bits per heavy atom. The number of hydrogen-bond donors (Lipinski definition) is 0. The normalized spacial score (nSPS) is 14.3. The van der Waals surface area contributed by atoms with Crippen molar-refractivity contribution in [1.82, 2.24) is 19.6 Å². The van der Waals surface area contributed by atoms with Crippen LogP contribution in [0.2, 0.25) is 0 Å². The van der Waals surface area contributed by atoms with Crippen molar-refractivity contribution in [3.63, 3.8) is 0 Å². The largest absolute Gasteiger partial charge is 0.257 e. The molecule has 0 amide bonds. The Labute approximate surface area is 154 Å². The molecule has 25 heavy (non-hydrogen) atoms. The van der Waals surface area contributed by atoms with E-state index in [9.17, 15) is 0 Å². The van der Waals surface area contributed by atoms with Gasteiger partial charge in [-0.3, -0.25) is 4.40 Å². The molecule has 0 fully saturated rings. The SMILES string of the molecule is Cc1nc2sc3c(c2c2nnc(SCc4ccccc4)n12)CCCC3. The standard InChI is InChI=1S/C19H18N4S2/c1-12-20-18-16(14-9-5-6-10-15(14)25-18)17-21-22-19(23(12)17)24-11-13-7-3-2-4-8-13/h2-4,7-8H,5-6,9-11H2,1H3. The van der Waals surface area contributed by atoms with Gasteiger partial charge in [-0.25, -0.2) is 4.98 Å². The van der Waals surface area contributed by atoms with Gasteiger partial charge in [0.25, 0.3) is 0 Å². The zero-order valence-corrected chi connectivity index (χ0v) is 15.7. The predicted molar refractivity (Wildman–Crippen MR) is 104 cm³/mol. The van der Waals surface area contributed by atoms with Crippen LogP contribution in [-0.2, 0) is 18.6 Å². The van der Waals surface area contributed by atoms with Crippen molar-refractivity contribution < 1.29 is 0 Å². The number of thiophene rings is 1. The van der Waals surface area contributed by atoms with Crippen LogP contribution in [0.4, 0.5) is 0 Å². The predicted octanol–water partition coefficient (Wildman–Crippen LogP) is 4.82. The monoisotopic (exact) mass is 366 g/mol. The second-order valence-electron chi connectivity index (χ2n) is 6.47. The maximum atomic E-state index is 4.88. The van der Waals surface area contributed by atoms with Crippen molar-refractivity contribution in [2.75, 3.05) is 0 Å². The molecule has 126 valence electrons. The lowest BCUT2D eigenvalue weighted by Crippen LogP contribution is -2.01. The summed E-state index contributed by atoms with van der Waals surface area (Å²) < 4.78 is 2.14. The van der Waals surface area contributed by atoms with Gasteiger partial charge in [-0.1, -0.05) is 42.1 Å². The highest BCUT2D eigenvalue weighted by molar-refractivity contribution is 7.98. The van der Waals surface area contributed by atoms with E-state index >= 15 is 0 Å². The van der Waals surface area contributed by atoms with Gasteiger partial charge in [0.2, 0.25) is 0 Å². The van der Waals surface area contributed by atoms with Gasteiger partial charge >= 0.3 is 0 Å². The molecule has 0 bridgehead atoms. The number of aryl methyl sites for hydroxylation is 3. The van der Waals surface area contributed by atoms with E-state index in [0.717, 1.165) is 33.6 Å². The third-order valence-corrected chi connectivity index (χ3v) is 6.99. The topological polar surface area (TPSA) is 43.1 Å². The Bertz CT molecular complexity index is 1070. The average Bonchev–Trinajstić information content (AvgIpc) is 3.22. The lowest BCUT2D eigenvalue weighted by atomic mass is 9.97. The lowest BCUT2D eigenvalue weighted by molar-refractivity contribution is 0.700. The van der Waals surface area contributed by atoms with E-state index in [1.807, 2.05) is 17.4 Å². The molecule has 0 radical (unpaired) electrons. The summed E-state index contributed by atoms with van der Waals surface area (Å²) in [6, 6.07) is 10.5. The summed E-state index contributed by atoms with van der Waals surface area (Å²) in [4.78, 5) is 7.52. The highest BCUT2D eigenvalue weighted by Gasteiger charge is 2.22. The van der Waals surface area contributed by atoms with Gasteiger partial charge in [-0.15, -0.1) is 21.5 Å². The van der Waals surface area contributed by atoms with Crippen molar-refractivity contribution >= 4 is 39.0 Å². The molecule has 6 heteroatoms. The van der Waals surface area contributed by atoms with Crippen LogP contribution in [-0.4, -0.2) is 19.6 Å². The van der Waals surface area contributed by atoms with Crippen LogP contribution < -0.4 is 0 Å². The number of hydrogen-bond acceptors (Lipinski definition) is 5. The summed E-state index contributed by atoms with van der Waals surface area (Å²) in [6.45, 7) is 2.06. The van der Waals surface area contributed by atoms with Crippen LogP contribution >= 0.6 is 23.1 Å². The van der Waals surface area contributed by atoms with Gasteiger partial charge < -0.3 is 0 Å². The lowest BCUT2D eigenvalue weighted by Gasteiger charge is -2.10. The highest BCUT2D eigenvalue weighted by Crippen LogP contribution is 2.38. The summed E-state index contributed by atoms with van der Waals surface area (Å²) in [5.41, 5.74) is 3.75. The molecule has 0 N–H and O–H groups in total. The summed E-state index contributed by atoms with van der Waals surface area (Å²) in [7, 11) is 0. The first-order valence-electron chi connectivity index (χ1n) is 8.64. The first-order valence-corrected chi connectivity index (χ1v) is 10.4. The number of benzene rings is 1. The molecule has 0 spiro atoms. The fraction of sp³-hybridized carbons (Fsp3) is 0.316. The van der Waals surface area contributed by atoms with E-state index < -0.39 is 0 Å². The maximum absolute atomic E-state index is 4.88. The summed E-state index contributed by atoms with van der Waals surface area (Å²) >= 11 is 3.57. The second kappa shape index (κ2) is 6.11. The van der Waals surface area contributed by atoms with Gasteiger partial charge in [0.05, 0.1) is 5.39 Å². The molecule has 3 aromatic heterocycles. The molecule has 1 aliphatic rings. The van der Waals surface area contributed by atoms with Crippen LogP contribution in [0, 0.1) is 6.92 Å². The number of nitrogens with zero attached hydrogens (tertiary/aromatic N) is 4. The molecule has 0 atom stereocenters. The van der Waals surface area contributed by atoms with E-state index in [1.54, 1.807) is 11.8 Å². The molecule has 4 aromatic rings. The molecule has 3 heterocycles. The Kier molecular flexibility index (Phi) is 3.75. The van der Waals surface area contributed by atoms with Crippen molar-refractivity contribution in [1.29, 1.82) is 0 Å². The Balaban J connectivity index is 1.62. The average molecular weight is 367 g/mol. The third kappa shape index (κ3) is 2.55. The number of aromatic nitrogens is 4. The van der Waals surface area contributed by atoms with Crippen molar-refractivity contribution in [2.45, 2.75) is 43.5 Å². The van der Waals surface area contributed by atoms with Gasteiger partial charge in [0.1, 0.15) is 10.7 Å². The van der Waals surface area contributed by atoms with Crippen LogP contribution in [0.25, 0.3) is 15.9 Å². The first kappa shape index (κ1) is 15.3. The minimum absolute atomic E-state index is 0.890. The minimum atomic E-state index is 0.890. The van der Waals surface area contributed by atoms with Gasteiger partial charge in [-0.05, 0) is 43.7 Å². The van der Waals surface area contributed by atoms with Crippen LogP contribution in [0.3, 0.4) is 0 Å². The van der Waals surface area contributed by atoms with Gasteiger partial charge in [0.15, 0.2) is 10.8 Å². The summed E-state index contributed by atoms with van der Waals surface area (Å²) in [6.07, 6.45) is 4.89. The number of rotatable bonds is 3. The van der Waals surface area contributed by atoms with Gasteiger partial charge in [-0.2, -0.15) is 0 Å². The number of thioether (sulfide) groups is 1. The minimum Gasteiger partial charge on any atom is -0.257 e. The van der Waals surface area contributed by atoms with E-state index in [2.05, 4.69) is 45.8 Å². The molecule has 1 aliphatic carbocycles. The zero-order valence-electron chi connectivity index (χ0n) is 14.0. The van der Waals surface area contributed by atoms with Crippen LogP contribution in [0.1, 0.15) is 34.7 Å². The maximum Gasteiger partial charge on any atom is 0.197 e. The second-order valence-corrected chi connectivity index (χ2v) is 8.49. The highest BCUT2D eigenvalue weighted by atomic mass is 32.2. The number of fused-ring (bicyclic) bond motifs is 5. The molecule has 1 aromatic carbocycles.